The number of carbonyl (C=O) groups is 1. The number of esters is 1. The fourth-order valence-corrected chi connectivity index (χ4v) is 4.65. The highest BCUT2D eigenvalue weighted by Crippen LogP contribution is 2.57. The van der Waals surface area contributed by atoms with E-state index in [1.807, 2.05) is 0 Å². The van der Waals surface area contributed by atoms with E-state index in [0.29, 0.717) is 11.8 Å². The molecule has 106 valence electrons. The summed E-state index contributed by atoms with van der Waals surface area (Å²) in [7, 11) is 0. The summed E-state index contributed by atoms with van der Waals surface area (Å²) in [4.78, 5) is 11.9. The van der Waals surface area contributed by atoms with Crippen molar-refractivity contribution < 1.29 is 14.6 Å². The number of fused-ring (bicyclic) bond motifs is 2. The van der Waals surface area contributed by atoms with Crippen molar-refractivity contribution in [3.63, 3.8) is 0 Å². The minimum absolute atomic E-state index is 0.00842. The third-order valence-corrected chi connectivity index (χ3v) is 5.89. The van der Waals surface area contributed by atoms with Crippen LogP contribution in [0, 0.1) is 23.2 Å². The molecule has 0 spiro atoms. The van der Waals surface area contributed by atoms with Gasteiger partial charge in [-0.25, -0.2) is 0 Å². The van der Waals surface area contributed by atoms with Crippen molar-refractivity contribution in [1.29, 1.82) is 0 Å². The molecule has 0 aromatic rings. The van der Waals surface area contributed by atoms with E-state index in [4.69, 9.17) is 4.74 Å². The van der Waals surface area contributed by atoms with Gasteiger partial charge in [-0.05, 0) is 49.0 Å². The van der Waals surface area contributed by atoms with E-state index in [9.17, 15) is 9.90 Å². The van der Waals surface area contributed by atoms with Crippen LogP contribution in [0.5, 0.6) is 0 Å². The number of hydrogen-bond donors (Lipinski definition) is 1. The molecule has 2 aliphatic carbocycles. The Bertz CT molecular complexity index is 416. The topological polar surface area (TPSA) is 46.5 Å². The molecule has 1 aliphatic heterocycles. The Hall–Kier alpha value is -0.830. The zero-order valence-electron chi connectivity index (χ0n) is 11.9. The lowest BCUT2D eigenvalue weighted by Gasteiger charge is -2.51. The second-order valence-electron chi connectivity index (χ2n) is 6.93. The van der Waals surface area contributed by atoms with Crippen molar-refractivity contribution in [2.45, 2.75) is 58.2 Å². The number of carbonyl (C=O) groups excluding carboxylic acids is 1. The summed E-state index contributed by atoms with van der Waals surface area (Å²) in [5.74, 6) is 0.728. The van der Waals surface area contributed by atoms with Gasteiger partial charge in [0.25, 0.3) is 0 Å². The maximum absolute atomic E-state index is 11.9. The summed E-state index contributed by atoms with van der Waals surface area (Å²) in [6, 6.07) is 0. The van der Waals surface area contributed by atoms with Gasteiger partial charge in [-0.2, -0.15) is 0 Å². The van der Waals surface area contributed by atoms with Crippen molar-refractivity contribution in [2.24, 2.45) is 23.2 Å². The standard InChI is InChI=1S/C16H24O3/c1-4-10-11-7-12-9(2)13(17)5-6-16(12,3)8-14(11)19-15(10)18/h10-14,17H,2,4-8H2,1,3H3/t10-,11+,12-,13+,14+,16+/m0/s1. The fraction of sp³-hybridized carbons (Fsp3) is 0.812. The lowest BCUT2D eigenvalue weighted by molar-refractivity contribution is -0.146. The lowest BCUT2D eigenvalue weighted by atomic mass is 9.54. The van der Waals surface area contributed by atoms with E-state index in [0.717, 1.165) is 37.7 Å². The first-order valence-corrected chi connectivity index (χ1v) is 7.53. The monoisotopic (exact) mass is 264 g/mol. The molecular weight excluding hydrogens is 240 g/mol. The average molecular weight is 264 g/mol. The molecule has 3 heteroatoms. The SMILES string of the molecule is C=C1[C@H](O)CC[C@]2(C)C[C@H]3OC(=O)[C@@H](CC)[C@H]3C[C@@H]12. The first-order valence-electron chi connectivity index (χ1n) is 7.53. The van der Waals surface area contributed by atoms with Crippen LogP contribution in [0.15, 0.2) is 12.2 Å². The molecule has 3 rings (SSSR count). The second kappa shape index (κ2) is 4.34. The summed E-state index contributed by atoms with van der Waals surface area (Å²) < 4.78 is 5.61. The van der Waals surface area contributed by atoms with Crippen LogP contribution in [0.3, 0.4) is 0 Å². The Morgan fingerprint density at radius 2 is 2.26 bits per heavy atom. The van der Waals surface area contributed by atoms with Gasteiger partial charge < -0.3 is 9.84 Å². The van der Waals surface area contributed by atoms with Crippen molar-refractivity contribution >= 4 is 5.97 Å². The third-order valence-electron chi connectivity index (χ3n) is 5.89. The number of ether oxygens (including phenoxy) is 1. The van der Waals surface area contributed by atoms with Crippen LogP contribution in [0.4, 0.5) is 0 Å². The second-order valence-corrected chi connectivity index (χ2v) is 6.93. The number of aliphatic hydroxyl groups is 1. The van der Waals surface area contributed by atoms with E-state index in [-0.39, 0.29) is 29.5 Å². The molecule has 0 unspecified atom stereocenters. The Labute approximate surface area is 115 Å². The van der Waals surface area contributed by atoms with Gasteiger partial charge in [-0.15, -0.1) is 0 Å². The van der Waals surface area contributed by atoms with Crippen LogP contribution in [0.2, 0.25) is 0 Å². The molecule has 0 bridgehead atoms. The van der Waals surface area contributed by atoms with Crippen LogP contribution in [0.1, 0.15) is 46.0 Å². The molecule has 6 atom stereocenters. The van der Waals surface area contributed by atoms with E-state index >= 15 is 0 Å². The van der Waals surface area contributed by atoms with Gasteiger partial charge in [0, 0.05) is 5.92 Å². The van der Waals surface area contributed by atoms with Gasteiger partial charge in [-0.3, -0.25) is 4.79 Å². The molecule has 3 aliphatic rings. The maximum atomic E-state index is 11.9. The molecule has 1 N–H and O–H groups in total. The van der Waals surface area contributed by atoms with Gasteiger partial charge in [0.05, 0.1) is 12.0 Å². The van der Waals surface area contributed by atoms with E-state index < -0.39 is 0 Å². The van der Waals surface area contributed by atoms with Crippen molar-refractivity contribution in [3.05, 3.63) is 12.2 Å². The quantitative estimate of drug-likeness (QED) is 0.585. The van der Waals surface area contributed by atoms with E-state index in [1.54, 1.807) is 0 Å². The summed E-state index contributed by atoms with van der Waals surface area (Å²) in [5.41, 5.74) is 1.14. The van der Waals surface area contributed by atoms with Crippen LogP contribution in [-0.2, 0) is 9.53 Å². The van der Waals surface area contributed by atoms with Gasteiger partial charge in [0.2, 0.25) is 0 Å². The van der Waals surface area contributed by atoms with Gasteiger partial charge in [0.15, 0.2) is 0 Å². The Morgan fingerprint density at radius 1 is 1.53 bits per heavy atom. The summed E-state index contributed by atoms with van der Waals surface area (Å²) >= 11 is 0. The largest absolute Gasteiger partial charge is 0.462 e. The van der Waals surface area contributed by atoms with E-state index in [1.165, 1.54) is 0 Å². The highest BCUT2D eigenvalue weighted by atomic mass is 16.6. The molecule has 2 saturated carbocycles. The third kappa shape index (κ3) is 1.85. The van der Waals surface area contributed by atoms with Crippen LogP contribution < -0.4 is 0 Å². The molecule has 0 radical (unpaired) electrons. The minimum Gasteiger partial charge on any atom is -0.462 e. The highest BCUT2D eigenvalue weighted by molar-refractivity contribution is 5.75. The maximum Gasteiger partial charge on any atom is 0.309 e. The molecule has 3 nitrogen and oxygen atoms in total. The predicted octanol–water partition coefficient (Wildman–Crippen LogP) is 2.68. The highest BCUT2D eigenvalue weighted by Gasteiger charge is 2.55. The molecule has 0 amide bonds. The molecule has 1 heterocycles. The first kappa shape index (κ1) is 13.2. The van der Waals surface area contributed by atoms with Crippen molar-refractivity contribution in [3.8, 4) is 0 Å². The molecule has 1 saturated heterocycles. The minimum atomic E-state index is -0.354. The van der Waals surface area contributed by atoms with Gasteiger partial charge in [-0.1, -0.05) is 20.4 Å². The Balaban J connectivity index is 1.88. The predicted molar refractivity (Wildman–Crippen MR) is 72.4 cm³/mol. The molecule has 0 aromatic carbocycles. The number of aliphatic hydroxyl groups excluding tert-OH is 1. The summed E-state index contributed by atoms with van der Waals surface area (Å²) in [5, 5.41) is 10.0. The lowest BCUT2D eigenvalue weighted by Crippen LogP contribution is -2.47. The first-order chi connectivity index (χ1) is 8.96. The van der Waals surface area contributed by atoms with Gasteiger partial charge in [0.1, 0.15) is 6.10 Å². The fourth-order valence-electron chi connectivity index (χ4n) is 4.65. The smallest absolute Gasteiger partial charge is 0.309 e. The number of rotatable bonds is 1. The summed E-state index contributed by atoms with van der Waals surface area (Å²) in [6.07, 6.45) is 4.31. The van der Waals surface area contributed by atoms with Crippen molar-refractivity contribution in [2.75, 3.05) is 0 Å². The normalized spacial score (nSPS) is 49.5. The Morgan fingerprint density at radius 3 is 2.95 bits per heavy atom. The summed E-state index contributed by atoms with van der Waals surface area (Å²) in [6.45, 7) is 8.47. The molecular formula is C16H24O3. The van der Waals surface area contributed by atoms with Crippen LogP contribution >= 0.6 is 0 Å². The van der Waals surface area contributed by atoms with Crippen LogP contribution in [-0.4, -0.2) is 23.3 Å². The molecule has 0 aromatic heterocycles. The van der Waals surface area contributed by atoms with Gasteiger partial charge >= 0.3 is 5.97 Å². The van der Waals surface area contributed by atoms with Crippen LogP contribution in [0.25, 0.3) is 0 Å². The molecule has 19 heavy (non-hydrogen) atoms. The van der Waals surface area contributed by atoms with Crippen molar-refractivity contribution in [1.82, 2.24) is 0 Å². The molecule has 3 fully saturated rings. The number of hydrogen-bond acceptors (Lipinski definition) is 3. The zero-order chi connectivity index (χ0) is 13.8. The zero-order valence-corrected chi connectivity index (χ0v) is 11.9. The Kier molecular flexibility index (Phi) is 3.01. The van der Waals surface area contributed by atoms with E-state index in [2.05, 4.69) is 20.4 Å². The average Bonchev–Trinajstić information content (AvgIpc) is 2.66.